The number of aromatic nitrogens is 1. The summed E-state index contributed by atoms with van der Waals surface area (Å²) in [5.41, 5.74) is 7.15. The van der Waals surface area contributed by atoms with Gasteiger partial charge in [-0.05, 0) is 12.5 Å². The Hall–Kier alpha value is -1.78. The van der Waals surface area contributed by atoms with Gasteiger partial charge in [0.25, 0.3) is 0 Å². The van der Waals surface area contributed by atoms with E-state index >= 15 is 0 Å². The van der Waals surface area contributed by atoms with Gasteiger partial charge in [0.15, 0.2) is 0 Å². The van der Waals surface area contributed by atoms with E-state index in [1.165, 1.54) is 0 Å². The first-order chi connectivity index (χ1) is 7.22. The zero-order valence-electron chi connectivity index (χ0n) is 8.60. The van der Waals surface area contributed by atoms with E-state index in [2.05, 4.69) is 10.3 Å². The van der Waals surface area contributed by atoms with Crippen LogP contribution < -0.4 is 16.0 Å². The molecule has 1 unspecified atom stereocenters. The quantitative estimate of drug-likeness (QED) is 0.740. The molecule has 2 rings (SSSR count). The van der Waals surface area contributed by atoms with E-state index in [-0.39, 0.29) is 11.9 Å². The second-order valence-electron chi connectivity index (χ2n) is 3.58. The first-order valence-corrected chi connectivity index (χ1v) is 4.91. The molecule has 1 fully saturated rings. The summed E-state index contributed by atoms with van der Waals surface area (Å²) in [6, 6.07) is 1.79. The Kier molecular flexibility index (Phi) is 2.45. The third-order valence-electron chi connectivity index (χ3n) is 2.69. The van der Waals surface area contributed by atoms with Crippen molar-refractivity contribution in [1.82, 2.24) is 4.98 Å². The van der Waals surface area contributed by atoms with Crippen molar-refractivity contribution in [2.75, 3.05) is 23.8 Å². The summed E-state index contributed by atoms with van der Waals surface area (Å²) in [7, 11) is 1.84. The molecular weight excluding hydrogens is 192 g/mol. The maximum atomic E-state index is 11.1. The lowest BCUT2D eigenvalue weighted by Crippen LogP contribution is -2.55. The number of rotatable bonds is 3. The van der Waals surface area contributed by atoms with Gasteiger partial charge in [0.2, 0.25) is 5.91 Å². The Balaban J connectivity index is 2.19. The van der Waals surface area contributed by atoms with Gasteiger partial charge in [-0.15, -0.1) is 0 Å². The number of carbonyl (C=O) groups excluding carboxylic acids is 1. The lowest BCUT2D eigenvalue weighted by atomic mass is 10.0. The third kappa shape index (κ3) is 1.72. The summed E-state index contributed by atoms with van der Waals surface area (Å²) < 4.78 is 0. The van der Waals surface area contributed by atoms with Gasteiger partial charge in [0, 0.05) is 13.6 Å². The Morgan fingerprint density at radius 2 is 2.47 bits per heavy atom. The molecule has 0 bridgehead atoms. The number of nitrogens with zero attached hydrogens (tertiary/aromatic N) is 2. The van der Waals surface area contributed by atoms with E-state index in [0.29, 0.717) is 0 Å². The molecule has 0 spiro atoms. The molecule has 80 valence electrons. The number of nitrogens with one attached hydrogen (secondary N) is 1. The van der Waals surface area contributed by atoms with Crippen molar-refractivity contribution in [1.29, 1.82) is 0 Å². The molecule has 1 amide bonds. The molecular formula is C10H14N4O. The molecule has 0 radical (unpaired) electrons. The molecule has 1 atom stereocenters. The Morgan fingerprint density at radius 1 is 1.67 bits per heavy atom. The van der Waals surface area contributed by atoms with Gasteiger partial charge in [0.1, 0.15) is 6.04 Å². The second kappa shape index (κ2) is 3.76. The molecule has 0 aliphatic carbocycles. The summed E-state index contributed by atoms with van der Waals surface area (Å²) in [6.07, 6.45) is 4.32. The van der Waals surface area contributed by atoms with Gasteiger partial charge >= 0.3 is 0 Å². The number of hydrogen-bond acceptors (Lipinski definition) is 4. The minimum Gasteiger partial charge on any atom is -0.387 e. The normalized spacial score (nSPS) is 19.5. The van der Waals surface area contributed by atoms with E-state index in [9.17, 15) is 4.79 Å². The third-order valence-corrected chi connectivity index (χ3v) is 2.69. The minimum atomic E-state index is -0.267. The van der Waals surface area contributed by atoms with Gasteiger partial charge in [-0.2, -0.15) is 0 Å². The molecule has 3 N–H and O–H groups in total. The number of amides is 1. The molecule has 5 nitrogen and oxygen atoms in total. The van der Waals surface area contributed by atoms with E-state index in [1.807, 2.05) is 18.0 Å². The number of carbonyl (C=O) groups is 1. The van der Waals surface area contributed by atoms with Crippen molar-refractivity contribution in [3.8, 4) is 0 Å². The van der Waals surface area contributed by atoms with Crippen LogP contribution in [0.25, 0.3) is 0 Å². The topological polar surface area (TPSA) is 71.2 Å². The molecule has 1 aliphatic heterocycles. The van der Waals surface area contributed by atoms with E-state index in [1.54, 1.807) is 12.4 Å². The fourth-order valence-corrected chi connectivity index (χ4v) is 1.71. The van der Waals surface area contributed by atoms with Crippen LogP contribution in [-0.2, 0) is 4.79 Å². The average molecular weight is 206 g/mol. The number of primary amides is 1. The highest BCUT2D eigenvalue weighted by Crippen LogP contribution is 2.27. The standard InChI is InChI=1S/C10H14N4O/c1-12-7-4-8(6-13-5-7)14-3-2-9(14)10(11)15/h4-6,9,12H,2-3H2,1H3,(H2,11,15). The van der Waals surface area contributed by atoms with Crippen LogP contribution >= 0.6 is 0 Å². The Labute approximate surface area is 88.3 Å². The van der Waals surface area contributed by atoms with Crippen LogP contribution in [-0.4, -0.2) is 30.5 Å². The molecule has 2 heterocycles. The van der Waals surface area contributed by atoms with Crippen LogP contribution in [0.3, 0.4) is 0 Å². The van der Waals surface area contributed by atoms with Gasteiger partial charge in [0.05, 0.1) is 23.8 Å². The Bertz CT molecular complexity index is 379. The fourth-order valence-electron chi connectivity index (χ4n) is 1.71. The SMILES string of the molecule is CNc1cncc(N2CCC2C(N)=O)c1. The summed E-state index contributed by atoms with van der Waals surface area (Å²) in [5, 5.41) is 3.01. The van der Waals surface area contributed by atoms with Crippen LogP contribution in [0.4, 0.5) is 11.4 Å². The monoisotopic (exact) mass is 206 g/mol. The minimum absolute atomic E-state index is 0.168. The molecule has 1 aromatic heterocycles. The van der Waals surface area contributed by atoms with Crippen molar-refractivity contribution >= 4 is 17.3 Å². The van der Waals surface area contributed by atoms with Crippen LogP contribution in [0.1, 0.15) is 6.42 Å². The van der Waals surface area contributed by atoms with Crippen LogP contribution in [0, 0.1) is 0 Å². The number of hydrogen-bond donors (Lipinski definition) is 2. The number of anilines is 2. The zero-order valence-corrected chi connectivity index (χ0v) is 8.60. The van der Waals surface area contributed by atoms with Crippen molar-refractivity contribution < 1.29 is 4.79 Å². The van der Waals surface area contributed by atoms with E-state index < -0.39 is 0 Å². The van der Waals surface area contributed by atoms with Gasteiger partial charge < -0.3 is 16.0 Å². The summed E-state index contributed by atoms with van der Waals surface area (Å²) in [5.74, 6) is -0.267. The van der Waals surface area contributed by atoms with E-state index in [4.69, 9.17) is 5.73 Å². The molecule has 5 heteroatoms. The number of pyridine rings is 1. The fraction of sp³-hybridized carbons (Fsp3) is 0.400. The van der Waals surface area contributed by atoms with Gasteiger partial charge in [-0.25, -0.2) is 0 Å². The van der Waals surface area contributed by atoms with Crippen LogP contribution in [0.2, 0.25) is 0 Å². The molecule has 0 saturated carbocycles. The smallest absolute Gasteiger partial charge is 0.240 e. The van der Waals surface area contributed by atoms with Crippen molar-refractivity contribution in [3.05, 3.63) is 18.5 Å². The maximum Gasteiger partial charge on any atom is 0.240 e. The Morgan fingerprint density at radius 3 is 3.00 bits per heavy atom. The second-order valence-corrected chi connectivity index (χ2v) is 3.58. The van der Waals surface area contributed by atoms with Gasteiger partial charge in [-0.1, -0.05) is 0 Å². The highest BCUT2D eigenvalue weighted by Gasteiger charge is 2.32. The van der Waals surface area contributed by atoms with E-state index in [0.717, 1.165) is 24.3 Å². The predicted molar refractivity (Wildman–Crippen MR) is 58.7 cm³/mol. The molecule has 15 heavy (non-hydrogen) atoms. The lowest BCUT2D eigenvalue weighted by molar-refractivity contribution is -0.120. The molecule has 1 aliphatic rings. The molecule has 0 aromatic carbocycles. The molecule has 1 aromatic rings. The highest BCUT2D eigenvalue weighted by atomic mass is 16.1. The highest BCUT2D eigenvalue weighted by molar-refractivity contribution is 5.85. The first kappa shape index (κ1) is 9.76. The summed E-state index contributed by atoms with van der Waals surface area (Å²) in [6.45, 7) is 0.864. The van der Waals surface area contributed by atoms with Crippen molar-refractivity contribution in [2.45, 2.75) is 12.5 Å². The molecule has 1 saturated heterocycles. The average Bonchev–Trinajstić information content (AvgIpc) is 2.15. The predicted octanol–water partition coefficient (Wildman–Crippen LogP) is 0.187. The first-order valence-electron chi connectivity index (χ1n) is 4.91. The zero-order chi connectivity index (χ0) is 10.8. The lowest BCUT2D eigenvalue weighted by Gasteiger charge is -2.40. The van der Waals surface area contributed by atoms with Crippen molar-refractivity contribution in [2.24, 2.45) is 5.73 Å². The largest absolute Gasteiger partial charge is 0.387 e. The summed E-state index contributed by atoms with van der Waals surface area (Å²) >= 11 is 0. The summed E-state index contributed by atoms with van der Waals surface area (Å²) in [4.78, 5) is 17.1. The van der Waals surface area contributed by atoms with Crippen molar-refractivity contribution in [3.63, 3.8) is 0 Å². The van der Waals surface area contributed by atoms with Gasteiger partial charge in [-0.3, -0.25) is 9.78 Å². The van der Waals surface area contributed by atoms with Crippen LogP contribution in [0.15, 0.2) is 18.5 Å². The van der Waals surface area contributed by atoms with Crippen LogP contribution in [0.5, 0.6) is 0 Å². The maximum absolute atomic E-state index is 11.1. The number of nitrogens with two attached hydrogens (primary N) is 1.